The number of fused-ring (bicyclic) bond motifs is 1. The lowest BCUT2D eigenvalue weighted by Crippen LogP contribution is -2.26. The molecule has 3 N–H and O–H groups in total. The molecule has 0 spiro atoms. The number of likely N-dealkylation sites (N-methyl/N-ethyl adjacent to an activating group) is 1. The van der Waals surface area contributed by atoms with Crippen molar-refractivity contribution in [1.82, 2.24) is 25.2 Å². The highest BCUT2D eigenvalue weighted by atomic mass is 19.1. The molecule has 0 saturated carbocycles. The fraction of sp³-hybridized carbons (Fsp3) is 0.280. The number of nitrogens with one attached hydrogen (secondary N) is 3. The highest BCUT2D eigenvalue weighted by Crippen LogP contribution is 2.34. The van der Waals surface area contributed by atoms with Crippen molar-refractivity contribution in [2.24, 2.45) is 0 Å². The molecule has 0 unspecified atom stereocenters. The van der Waals surface area contributed by atoms with E-state index >= 15 is 0 Å². The molecule has 0 aliphatic heterocycles. The lowest BCUT2D eigenvalue weighted by atomic mass is 10.0. The van der Waals surface area contributed by atoms with Gasteiger partial charge in [0.2, 0.25) is 0 Å². The predicted octanol–water partition coefficient (Wildman–Crippen LogP) is 4.59. The number of halogens is 1. The third kappa shape index (κ3) is 4.95. The summed E-state index contributed by atoms with van der Waals surface area (Å²) in [5, 5.41) is 7.72. The first-order valence-electron chi connectivity index (χ1n) is 10.8. The van der Waals surface area contributed by atoms with Crippen LogP contribution in [0.5, 0.6) is 0 Å². The summed E-state index contributed by atoms with van der Waals surface area (Å²) >= 11 is 0. The van der Waals surface area contributed by atoms with Crippen LogP contribution in [-0.4, -0.2) is 47.0 Å². The fourth-order valence-electron chi connectivity index (χ4n) is 3.73. The molecular weight excluding hydrogens is 403 g/mol. The van der Waals surface area contributed by atoms with E-state index in [0.29, 0.717) is 12.1 Å². The van der Waals surface area contributed by atoms with E-state index in [1.54, 1.807) is 12.4 Å². The van der Waals surface area contributed by atoms with Gasteiger partial charge in [-0.15, -0.1) is 0 Å². The minimum Gasteiger partial charge on any atom is -0.363 e. The Morgan fingerprint density at radius 3 is 2.69 bits per heavy atom. The average molecular weight is 433 g/mol. The highest BCUT2D eigenvalue weighted by Gasteiger charge is 2.16. The molecule has 7 heteroatoms. The van der Waals surface area contributed by atoms with E-state index in [-0.39, 0.29) is 11.9 Å². The largest absolute Gasteiger partial charge is 0.363 e. The van der Waals surface area contributed by atoms with Crippen molar-refractivity contribution in [3.05, 3.63) is 78.0 Å². The van der Waals surface area contributed by atoms with Gasteiger partial charge in [-0.2, -0.15) is 0 Å². The lowest BCUT2D eigenvalue weighted by molar-refractivity contribution is 0.399. The molecule has 32 heavy (non-hydrogen) atoms. The lowest BCUT2D eigenvalue weighted by Gasteiger charge is -2.16. The molecule has 1 atom stereocenters. The van der Waals surface area contributed by atoms with Crippen LogP contribution in [0.4, 0.5) is 10.2 Å². The molecule has 2 aromatic carbocycles. The summed E-state index contributed by atoms with van der Waals surface area (Å²) in [5.41, 5.74) is 4.42. The van der Waals surface area contributed by atoms with E-state index in [4.69, 9.17) is 0 Å². The van der Waals surface area contributed by atoms with Crippen LogP contribution in [-0.2, 0) is 6.54 Å². The smallest absolute Gasteiger partial charge is 0.143 e. The number of rotatable bonds is 9. The second kappa shape index (κ2) is 9.89. The molecule has 2 heterocycles. The molecule has 6 nitrogen and oxygen atoms in total. The van der Waals surface area contributed by atoms with Gasteiger partial charge in [0.1, 0.15) is 23.6 Å². The summed E-state index contributed by atoms with van der Waals surface area (Å²) < 4.78 is 14.5. The van der Waals surface area contributed by atoms with Crippen LogP contribution >= 0.6 is 0 Å². The molecule has 0 radical (unpaired) electrons. The molecule has 0 fully saturated rings. The topological polar surface area (TPSA) is 68.9 Å². The SMILES string of the molecule is C[C@@H](Nc1ncnc2[nH]cc(-c3ccc(F)c(CNCCN(C)C)c3)c12)c1ccccc1. The zero-order valence-electron chi connectivity index (χ0n) is 18.7. The van der Waals surface area contributed by atoms with Gasteiger partial charge in [-0.25, -0.2) is 14.4 Å². The molecular formula is C25H29FN6. The van der Waals surface area contributed by atoms with E-state index in [9.17, 15) is 4.39 Å². The summed E-state index contributed by atoms with van der Waals surface area (Å²) in [5.74, 6) is 0.538. The van der Waals surface area contributed by atoms with E-state index < -0.39 is 0 Å². The van der Waals surface area contributed by atoms with Gasteiger partial charge < -0.3 is 20.5 Å². The van der Waals surface area contributed by atoms with Crippen molar-refractivity contribution in [2.75, 3.05) is 32.5 Å². The van der Waals surface area contributed by atoms with Gasteiger partial charge in [-0.05, 0) is 44.3 Å². The Morgan fingerprint density at radius 2 is 1.91 bits per heavy atom. The van der Waals surface area contributed by atoms with Crippen LogP contribution in [0.25, 0.3) is 22.2 Å². The fourth-order valence-corrected chi connectivity index (χ4v) is 3.73. The molecule has 2 aromatic heterocycles. The summed E-state index contributed by atoms with van der Waals surface area (Å²) in [7, 11) is 4.04. The number of hydrogen-bond acceptors (Lipinski definition) is 5. The average Bonchev–Trinajstić information content (AvgIpc) is 3.23. The van der Waals surface area contributed by atoms with Gasteiger partial charge in [-0.1, -0.05) is 36.4 Å². The van der Waals surface area contributed by atoms with E-state index in [1.807, 2.05) is 44.6 Å². The summed E-state index contributed by atoms with van der Waals surface area (Å²) in [6.07, 6.45) is 3.46. The van der Waals surface area contributed by atoms with Crippen molar-refractivity contribution < 1.29 is 4.39 Å². The minimum absolute atomic E-state index is 0.0710. The first-order chi connectivity index (χ1) is 15.5. The molecule has 4 aromatic rings. The van der Waals surface area contributed by atoms with Crippen LogP contribution in [0, 0.1) is 5.82 Å². The van der Waals surface area contributed by atoms with Crippen molar-refractivity contribution in [3.63, 3.8) is 0 Å². The molecule has 0 bridgehead atoms. The number of hydrogen-bond donors (Lipinski definition) is 3. The zero-order valence-corrected chi connectivity index (χ0v) is 18.7. The van der Waals surface area contributed by atoms with Crippen molar-refractivity contribution >= 4 is 16.9 Å². The van der Waals surface area contributed by atoms with Crippen LogP contribution < -0.4 is 10.6 Å². The number of benzene rings is 2. The van der Waals surface area contributed by atoms with Crippen molar-refractivity contribution in [2.45, 2.75) is 19.5 Å². The van der Waals surface area contributed by atoms with Gasteiger partial charge in [0.25, 0.3) is 0 Å². The second-order valence-electron chi connectivity index (χ2n) is 8.21. The molecule has 0 aliphatic carbocycles. The van der Waals surface area contributed by atoms with Crippen LogP contribution in [0.2, 0.25) is 0 Å². The Bertz CT molecular complexity index is 1170. The van der Waals surface area contributed by atoms with Crippen molar-refractivity contribution in [3.8, 4) is 11.1 Å². The quantitative estimate of drug-likeness (QED) is 0.338. The number of nitrogens with zero attached hydrogens (tertiary/aromatic N) is 3. The van der Waals surface area contributed by atoms with Gasteiger partial charge in [0.05, 0.1) is 5.39 Å². The number of aromatic nitrogens is 3. The van der Waals surface area contributed by atoms with Crippen LogP contribution in [0.1, 0.15) is 24.1 Å². The molecule has 0 aliphatic rings. The maximum absolute atomic E-state index is 14.5. The minimum atomic E-state index is -0.210. The van der Waals surface area contributed by atoms with E-state index in [2.05, 4.69) is 49.5 Å². The third-order valence-electron chi connectivity index (χ3n) is 5.53. The van der Waals surface area contributed by atoms with Gasteiger partial charge >= 0.3 is 0 Å². The first kappa shape index (κ1) is 21.9. The van der Waals surface area contributed by atoms with E-state index in [0.717, 1.165) is 41.1 Å². The molecule has 0 amide bonds. The summed E-state index contributed by atoms with van der Waals surface area (Å²) in [6.45, 7) is 4.27. The molecule has 166 valence electrons. The summed E-state index contributed by atoms with van der Waals surface area (Å²) in [6, 6.07) is 15.5. The Morgan fingerprint density at radius 1 is 1.09 bits per heavy atom. The molecule has 4 rings (SSSR count). The zero-order chi connectivity index (χ0) is 22.5. The van der Waals surface area contributed by atoms with E-state index in [1.165, 1.54) is 11.6 Å². The maximum Gasteiger partial charge on any atom is 0.143 e. The highest BCUT2D eigenvalue weighted by molar-refractivity contribution is 6.01. The Labute approximate surface area is 187 Å². The number of aromatic amines is 1. The Hall–Kier alpha value is -3.29. The van der Waals surface area contributed by atoms with Crippen LogP contribution in [0.3, 0.4) is 0 Å². The monoisotopic (exact) mass is 432 g/mol. The molecule has 0 saturated heterocycles. The van der Waals surface area contributed by atoms with Gasteiger partial charge in [0, 0.05) is 43.0 Å². The van der Waals surface area contributed by atoms with Crippen LogP contribution in [0.15, 0.2) is 61.1 Å². The number of H-pyrrole nitrogens is 1. The first-order valence-corrected chi connectivity index (χ1v) is 10.8. The van der Waals surface area contributed by atoms with Gasteiger partial charge in [0.15, 0.2) is 0 Å². The van der Waals surface area contributed by atoms with Gasteiger partial charge in [-0.3, -0.25) is 0 Å². The Balaban J connectivity index is 1.63. The standard InChI is InChI=1S/C25H29FN6/c1-17(18-7-5-4-6-8-18)31-25-23-21(15-28-24(23)29-16-30-25)19-9-10-22(26)20(13-19)14-27-11-12-32(2)3/h4-10,13,15-17,27H,11-12,14H2,1-3H3,(H2,28,29,30,31)/t17-/m1/s1. The summed E-state index contributed by atoms with van der Waals surface area (Å²) in [4.78, 5) is 14.2. The number of anilines is 1. The third-order valence-corrected chi connectivity index (χ3v) is 5.53. The second-order valence-corrected chi connectivity index (χ2v) is 8.21. The maximum atomic E-state index is 14.5. The predicted molar refractivity (Wildman–Crippen MR) is 128 cm³/mol. The normalized spacial score (nSPS) is 12.4. The Kier molecular flexibility index (Phi) is 6.78. The van der Waals surface area contributed by atoms with Crippen molar-refractivity contribution in [1.29, 1.82) is 0 Å².